The summed E-state index contributed by atoms with van der Waals surface area (Å²) in [6.45, 7) is 2.73. The summed E-state index contributed by atoms with van der Waals surface area (Å²) in [7, 11) is 3.20. The third-order valence-corrected chi connectivity index (χ3v) is 5.00. The predicted octanol–water partition coefficient (Wildman–Crippen LogP) is 3.30. The third-order valence-electron chi connectivity index (χ3n) is 4.69. The Bertz CT molecular complexity index is 844. The highest BCUT2D eigenvalue weighted by Gasteiger charge is 2.26. The number of methoxy groups -OCH3 is 2. The van der Waals surface area contributed by atoms with E-state index in [4.69, 9.17) is 25.8 Å². The predicted molar refractivity (Wildman–Crippen MR) is 119 cm³/mol. The van der Waals surface area contributed by atoms with Crippen molar-refractivity contribution < 1.29 is 23.8 Å². The van der Waals surface area contributed by atoms with Crippen molar-refractivity contribution in [2.75, 3.05) is 34.0 Å². The Morgan fingerprint density at radius 1 is 1.10 bits per heavy atom. The van der Waals surface area contributed by atoms with E-state index in [0.717, 1.165) is 5.56 Å². The number of para-hydroxylation sites is 1. The lowest BCUT2D eigenvalue weighted by Gasteiger charge is -2.29. The minimum absolute atomic E-state index is 0.235. The van der Waals surface area contributed by atoms with Crippen molar-refractivity contribution in [1.82, 2.24) is 10.2 Å². The first-order chi connectivity index (χ1) is 15.0. The standard InChI is InChI=1S/C23H29ClN2O5/c1-17(23(28)25-13-6-14-29-2)26(15-18-9-11-19(30-3)12-10-18)22(27)16-31-21-8-5-4-7-20(21)24/h4-5,7-12,17H,6,13-16H2,1-3H3,(H,25,28)/t17-/m0/s1. The summed E-state index contributed by atoms with van der Waals surface area (Å²) in [6, 6.07) is 13.6. The van der Waals surface area contributed by atoms with Crippen LogP contribution in [0, 0.1) is 0 Å². The van der Waals surface area contributed by atoms with Gasteiger partial charge in [0.1, 0.15) is 17.5 Å². The number of carbonyl (C=O) groups excluding carboxylic acids is 2. The molecule has 0 fully saturated rings. The average molecular weight is 449 g/mol. The Morgan fingerprint density at radius 2 is 1.81 bits per heavy atom. The highest BCUT2D eigenvalue weighted by molar-refractivity contribution is 6.32. The Hall–Kier alpha value is -2.77. The highest BCUT2D eigenvalue weighted by atomic mass is 35.5. The van der Waals surface area contributed by atoms with Gasteiger partial charge in [-0.15, -0.1) is 0 Å². The number of amides is 2. The number of hydrogen-bond acceptors (Lipinski definition) is 5. The van der Waals surface area contributed by atoms with Gasteiger partial charge in [-0.3, -0.25) is 9.59 Å². The summed E-state index contributed by atoms with van der Waals surface area (Å²) in [6.07, 6.45) is 0.691. The first kappa shape index (κ1) is 24.5. The zero-order valence-electron chi connectivity index (χ0n) is 18.1. The van der Waals surface area contributed by atoms with E-state index in [-0.39, 0.29) is 25.0 Å². The van der Waals surface area contributed by atoms with E-state index in [0.29, 0.717) is 36.1 Å². The van der Waals surface area contributed by atoms with E-state index in [2.05, 4.69) is 5.32 Å². The maximum atomic E-state index is 13.0. The molecule has 0 unspecified atom stereocenters. The van der Waals surface area contributed by atoms with Gasteiger partial charge in [0.25, 0.3) is 5.91 Å². The lowest BCUT2D eigenvalue weighted by molar-refractivity contribution is -0.142. The van der Waals surface area contributed by atoms with Crippen molar-refractivity contribution in [1.29, 1.82) is 0 Å². The normalized spacial score (nSPS) is 11.5. The van der Waals surface area contributed by atoms with Crippen molar-refractivity contribution in [2.45, 2.75) is 25.9 Å². The van der Waals surface area contributed by atoms with Crippen molar-refractivity contribution in [3.63, 3.8) is 0 Å². The van der Waals surface area contributed by atoms with Gasteiger partial charge in [0, 0.05) is 26.8 Å². The molecule has 2 amide bonds. The first-order valence-electron chi connectivity index (χ1n) is 10.0. The number of halogens is 1. The molecule has 7 nitrogen and oxygen atoms in total. The fraction of sp³-hybridized carbons (Fsp3) is 0.391. The van der Waals surface area contributed by atoms with E-state index >= 15 is 0 Å². The number of carbonyl (C=O) groups is 2. The largest absolute Gasteiger partial charge is 0.497 e. The van der Waals surface area contributed by atoms with E-state index in [9.17, 15) is 9.59 Å². The summed E-state index contributed by atoms with van der Waals surface area (Å²) in [5.74, 6) is 0.567. The second-order valence-electron chi connectivity index (χ2n) is 6.90. The third kappa shape index (κ3) is 7.77. The lowest BCUT2D eigenvalue weighted by atomic mass is 10.1. The van der Waals surface area contributed by atoms with E-state index in [1.54, 1.807) is 45.4 Å². The first-order valence-corrected chi connectivity index (χ1v) is 10.4. The van der Waals surface area contributed by atoms with Gasteiger partial charge in [0.15, 0.2) is 6.61 Å². The topological polar surface area (TPSA) is 77.1 Å². The molecular weight excluding hydrogens is 420 g/mol. The fourth-order valence-electron chi connectivity index (χ4n) is 2.87. The molecule has 0 bridgehead atoms. The van der Waals surface area contributed by atoms with Gasteiger partial charge in [-0.2, -0.15) is 0 Å². The number of ether oxygens (including phenoxy) is 3. The van der Waals surface area contributed by atoms with Crippen molar-refractivity contribution >= 4 is 23.4 Å². The maximum Gasteiger partial charge on any atom is 0.261 e. The second-order valence-corrected chi connectivity index (χ2v) is 7.31. The van der Waals surface area contributed by atoms with Gasteiger partial charge in [0.2, 0.25) is 5.91 Å². The number of rotatable bonds is 12. The quantitative estimate of drug-likeness (QED) is 0.504. The molecule has 8 heteroatoms. The van der Waals surface area contributed by atoms with Crippen LogP contribution in [0.3, 0.4) is 0 Å². The molecule has 0 saturated heterocycles. The number of nitrogens with zero attached hydrogens (tertiary/aromatic N) is 1. The number of benzene rings is 2. The van der Waals surface area contributed by atoms with Crippen LogP contribution in [0.1, 0.15) is 18.9 Å². The molecule has 2 rings (SSSR count). The van der Waals surface area contributed by atoms with Crippen LogP contribution >= 0.6 is 11.6 Å². The summed E-state index contributed by atoms with van der Waals surface area (Å²) in [5.41, 5.74) is 0.867. The van der Waals surface area contributed by atoms with Crippen molar-refractivity contribution in [3.8, 4) is 11.5 Å². The SMILES string of the molecule is COCCCNC(=O)[C@H](C)N(Cc1ccc(OC)cc1)C(=O)COc1ccccc1Cl. The molecule has 0 aliphatic rings. The molecule has 168 valence electrons. The van der Waals surface area contributed by atoms with Gasteiger partial charge in [-0.25, -0.2) is 0 Å². The molecule has 2 aromatic rings. The van der Waals surface area contributed by atoms with Gasteiger partial charge in [-0.05, 0) is 43.2 Å². The number of hydrogen-bond donors (Lipinski definition) is 1. The average Bonchev–Trinajstić information content (AvgIpc) is 2.79. The van der Waals surface area contributed by atoms with Crippen LogP contribution in [0.5, 0.6) is 11.5 Å². The van der Waals surface area contributed by atoms with Crippen LogP contribution < -0.4 is 14.8 Å². The Kier molecular flexibility index (Phi) is 10.1. The highest BCUT2D eigenvalue weighted by Crippen LogP contribution is 2.23. The molecule has 0 heterocycles. The van der Waals surface area contributed by atoms with E-state index < -0.39 is 6.04 Å². The summed E-state index contributed by atoms with van der Waals surface area (Å²) >= 11 is 6.11. The van der Waals surface area contributed by atoms with Crippen LogP contribution in [0.2, 0.25) is 5.02 Å². The van der Waals surface area contributed by atoms with Gasteiger partial charge in [0.05, 0.1) is 12.1 Å². The van der Waals surface area contributed by atoms with E-state index in [1.165, 1.54) is 4.90 Å². The zero-order chi connectivity index (χ0) is 22.6. The molecular formula is C23H29ClN2O5. The fourth-order valence-corrected chi connectivity index (χ4v) is 3.06. The van der Waals surface area contributed by atoms with Crippen LogP contribution in [-0.2, 0) is 20.9 Å². The molecule has 0 aliphatic heterocycles. The molecule has 1 atom stereocenters. The Labute approximate surface area is 188 Å². The smallest absolute Gasteiger partial charge is 0.261 e. The molecule has 0 aromatic heterocycles. The zero-order valence-corrected chi connectivity index (χ0v) is 18.9. The van der Waals surface area contributed by atoms with Crippen LogP contribution in [0.4, 0.5) is 0 Å². The lowest BCUT2D eigenvalue weighted by Crippen LogP contribution is -2.49. The number of nitrogens with one attached hydrogen (secondary N) is 1. The summed E-state index contributed by atoms with van der Waals surface area (Å²) in [5, 5.41) is 3.26. The van der Waals surface area contributed by atoms with Crippen LogP contribution in [-0.4, -0.2) is 56.7 Å². The van der Waals surface area contributed by atoms with Gasteiger partial charge in [-0.1, -0.05) is 35.9 Å². The van der Waals surface area contributed by atoms with E-state index in [1.807, 2.05) is 24.3 Å². The maximum absolute atomic E-state index is 13.0. The van der Waals surface area contributed by atoms with Crippen LogP contribution in [0.15, 0.2) is 48.5 Å². The van der Waals surface area contributed by atoms with Gasteiger partial charge < -0.3 is 24.4 Å². The molecule has 31 heavy (non-hydrogen) atoms. The Morgan fingerprint density at radius 3 is 2.45 bits per heavy atom. The molecule has 0 saturated carbocycles. The molecule has 0 spiro atoms. The van der Waals surface area contributed by atoms with Gasteiger partial charge >= 0.3 is 0 Å². The molecule has 1 N–H and O–H groups in total. The molecule has 2 aromatic carbocycles. The minimum atomic E-state index is -0.688. The van der Waals surface area contributed by atoms with Crippen molar-refractivity contribution in [3.05, 3.63) is 59.1 Å². The van der Waals surface area contributed by atoms with Crippen LogP contribution in [0.25, 0.3) is 0 Å². The molecule has 0 aliphatic carbocycles. The Balaban J connectivity index is 2.10. The van der Waals surface area contributed by atoms with Crippen molar-refractivity contribution in [2.24, 2.45) is 0 Å². The minimum Gasteiger partial charge on any atom is -0.497 e. The summed E-state index contributed by atoms with van der Waals surface area (Å²) < 4.78 is 15.8. The monoisotopic (exact) mass is 448 g/mol. The summed E-state index contributed by atoms with van der Waals surface area (Å²) in [4.78, 5) is 27.1. The molecule has 0 radical (unpaired) electrons. The second kappa shape index (κ2) is 12.8.